The standard InChI is InChI=1S/C5H9N3/c1-4-2-5(3-6)8-7-4/h4-5,7-8H,2H2,1H3. The van der Waals surface area contributed by atoms with E-state index in [1.54, 1.807) is 0 Å². The van der Waals surface area contributed by atoms with Gasteiger partial charge in [-0.15, -0.1) is 0 Å². The van der Waals surface area contributed by atoms with Crippen LogP contribution in [0.25, 0.3) is 0 Å². The fourth-order valence-corrected chi connectivity index (χ4v) is 0.799. The van der Waals surface area contributed by atoms with Crippen molar-refractivity contribution in [3.63, 3.8) is 0 Å². The molecule has 1 aliphatic rings. The van der Waals surface area contributed by atoms with Crippen LogP contribution >= 0.6 is 0 Å². The first kappa shape index (κ1) is 5.54. The van der Waals surface area contributed by atoms with Crippen molar-refractivity contribution < 1.29 is 0 Å². The summed E-state index contributed by atoms with van der Waals surface area (Å²) in [5.41, 5.74) is 5.79. The van der Waals surface area contributed by atoms with E-state index in [0.717, 1.165) is 6.42 Å². The van der Waals surface area contributed by atoms with Gasteiger partial charge in [-0.25, -0.2) is 5.43 Å². The molecule has 2 atom stereocenters. The van der Waals surface area contributed by atoms with Crippen LogP contribution in [0.15, 0.2) is 0 Å². The Hall–Kier alpha value is -0.590. The molecule has 3 heteroatoms. The zero-order valence-corrected chi connectivity index (χ0v) is 4.81. The molecule has 0 aromatic rings. The maximum absolute atomic E-state index is 8.33. The molecule has 2 N–H and O–H groups in total. The van der Waals surface area contributed by atoms with Gasteiger partial charge in [-0.2, -0.15) is 5.26 Å². The summed E-state index contributed by atoms with van der Waals surface area (Å²) in [4.78, 5) is 0. The van der Waals surface area contributed by atoms with Gasteiger partial charge >= 0.3 is 0 Å². The van der Waals surface area contributed by atoms with Gasteiger partial charge < -0.3 is 0 Å². The van der Waals surface area contributed by atoms with Gasteiger partial charge in [0.2, 0.25) is 0 Å². The monoisotopic (exact) mass is 111 g/mol. The summed E-state index contributed by atoms with van der Waals surface area (Å²) in [7, 11) is 0. The molecule has 1 rings (SSSR count). The fraction of sp³-hybridized carbons (Fsp3) is 0.800. The Morgan fingerprint density at radius 1 is 1.62 bits per heavy atom. The molecule has 0 aromatic carbocycles. The second kappa shape index (κ2) is 2.12. The normalized spacial score (nSPS) is 37.0. The van der Waals surface area contributed by atoms with Gasteiger partial charge in [0.15, 0.2) is 0 Å². The Morgan fingerprint density at radius 2 is 2.38 bits per heavy atom. The third-order valence-corrected chi connectivity index (χ3v) is 1.25. The Labute approximate surface area is 48.7 Å². The number of hydrogen-bond donors (Lipinski definition) is 2. The molecule has 0 aromatic heterocycles. The predicted molar refractivity (Wildman–Crippen MR) is 29.8 cm³/mol. The minimum Gasteiger partial charge on any atom is -0.254 e. The predicted octanol–water partition coefficient (Wildman–Crippen LogP) is -0.235. The lowest BCUT2D eigenvalue weighted by Gasteiger charge is -1.94. The van der Waals surface area contributed by atoms with E-state index in [0.29, 0.717) is 6.04 Å². The van der Waals surface area contributed by atoms with Crippen LogP contribution in [-0.4, -0.2) is 12.1 Å². The first-order chi connectivity index (χ1) is 3.83. The smallest absolute Gasteiger partial charge is 0.109 e. The van der Waals surface area contributed by atoms with E-state index in [4.69, 9.17) is 5.26 Å². The molecule has 44 valence electrons. The van der Waals surface area contributed by atoms with Gasteiger partial charge in [-0.3, -0.25) is 5.43 Å². The molecular weight excluding hydrogens is 102 g/mol. The van der Waals surface area contributed by atoms with Crippen molar-refractivity contribution >= 4 is 0 Å². The number of hydrogen-bond acceptors (Lipinski definition) is 3. The molecule has 0 aliphatic carbocycles. The zero-order chi connectivity index (χ0) is 5.98. The summed E-state index contributed by atoms with van der Waals surface area (Å²) in [6, 6.07) is 2.58. The molecule has 1 aliphatic heterocycles. The molecular formula is C5H9N3. The molecule has 0 radical (unpaired) electrons. The Balaban J connectivity index is 2.35. The maximum Gasteiger partial charge on any atom is 0.109 e. The van der Waals surface area contributed by atoms with Gasteiger partial charge in [-0.1, -0.05) is 0 Å². The van der Waals surface area contributed by atoms with Crippen molar-refractivity contribution in [2.45, 2.75) is 25.4 Å². The lowest BCUT2D eigenvalue weighted by molar-refractivity contribution is 0.583. The van der Waals surface area contributed by atoms with Gasteiger partial charge in [0.05, 0.1) is 6.07 Å². The summed E-state index contributed by atoms with van der Waals surface area (Å²) in [5, 5.41) is 8.33. The van der Waals surface area contributed by atoms with Crippen molar-refractivity contribution in [3.05, 3.63) is 0 Å². The maximum atomic E-state index is 8.33. The average Bonchev–Trinajstić information content (AvgIpc) is 2.14. The zero-order valence-electron chi connectivity index (χ0n) is 4.81. The summed E-state index contributed by atoms with van der Waals surface area (Å²) in [6.45, 7) is 2.05. The number of nitrogens with zero attached hydrogens (tertiary/aromatic N) is 1. The summed E-state index contributed by atoms with van der Waals surface area (Å²) >= 11 is 0. The SMILES string of the molecule is CC1CC(C#N)NN1. The van der Waals surface area contributed by atoms with Crippen LogP contribution in [0.5, 0.6) is 0 Å². The Morgan fingerprint density at radius 3 is 2.62 bits per heavy atom. The van der Waals surface area contributed by atoms with Crippen LogP contribution in [0.4, 0.5) is 0 Å². The van der Waals surface area contributed by atoms with Gasteiger partial charge in [0.25, 0.3) is 0 Å². The first-order valence-electron chi connectivity index (χ1n) is 2.73. The molecule has 2 unspecified atom stereocenters. The third-order valence-electron chi connectivity index (χ3n) is 1.25. The minimum atomic E-state index is 0.0185. The lowest BCUT2D eigenvalue weighted by atomic mass is 10.2. The van der Waals surface area contributed by atoms with Crippen LogP contribution < -0.4 is 10.9 Å². The van der Waals surface area contributed by atoms with Crippen molar-refractivity contribution in [1.82, 2.24) is 10.9 Å². The average molecular weight is 111 g/mol. The summed E-state index contributed by atoms with van der Waals surface area (Å²) in [5.74, 6) is 0. The highest BCUT2D eigenvalue weighted by molar-refractivity contribution is 4.94. The van der Waals surface area contributed by atoms with E-state index in [-0.39, 0.29) is 6.04 Å². The van der Waals surface area contributed by atoms with Crippen LogP contribution in [-0.2, 0) is 0 Å². The molecule has 0 bridgehead atoms. The van der Waals surface area contributed by atoms with E-state index >= 15 is 0 Å². The molecule has 1 fully saturated rings. The van der Waals surface area contributed by atoms with Gasteiger partial charge in [0, 0.05) is 6.04 Å². The highest BCUT2D eigenvalue weighted by Crippen LogP contribution is 2.00. The highest BCUT2D eigenvalue weighted by atomic mass is 15.4. The van der Waals surface area contributed by atoms with Crippen molar-refractivity contribution in [1.29, 1.82) is 5.26 Å². The Bertz CT molecular complexity index is 115. The number of nitriles is 1. The van der Waals surface area contributed by atoms with Crippen molar-refractivity contribution in [3.8, 4) is 6.07 Å². The quantitative estimate of drug-likeness (QED) is 0.453. The van der Waals surface area contributed by atoms with E-state index in [1.165, 1.54) is 0 Å². The fourth-order valence-electron chi connectivity index (χ4n) is 0.799. The third kappa shape index (κ3) is 0.971. The summed E-state index contributed by atoms with van der Waals surface area (Å²) < 4.78 is 0. The molecule has 8 heavy (non-hydrogen) atoms. The van der Waals surface area contributed by atoms with E-state index in [9.17, 15) is 0 Å². The minimum absolute atomic E-state index is 0.0185. The van der Waals surface area contributed by atoms with Crippen LogP contribution in [0.1, 0.15) is 13.3 Å². The van der Waals surface area contributed by atoms with Crippen molar-refractivity contribution in [2.24, 2.45) is 0 Å². The number of nitrogens with one attached hydrogen (secondary N) is 2. The van der Waals surface area contributed by atoms with E-state index in [2.05, 4.69) is 16.9 Å². The van der Waals surface area contributed by atoms with Crippen LogP contribution in [0, 0.1) is 11.3 Å². The largest absolute Gasteiger partial charge is 0.254 e. The first-order valence-corrected chi connectivity index (χ1v) is 2.73. The van der Waals surface area contributed by atoms with Crippen molar-refractivity contribution in [2.75, 3.05) is 0 Å². The lowest BCUT2D eigenvalue weighted by Crippen LogP contribution is -2.31. The topological polar surface area (TPSA) is 47.9 Å². The van der Waals surface area contributed by atoms with Crippen LogP contribution in [0.2, 0.25) is 0 Å². The second-order valence-electron chi connectivity index (χ2n) is 2.11. The highest BCUT2D eigenvalue weighted by Gasteiger charge is 2.18. The van der Waals surface area contributed by atoms with E-state index < -0.39 is 0 Å². The number of rotatable bonds is 0. The second-order valence-corrected chi connectivity index (χ2v) is 2.11. The van der Waals surface area contributed by atoms with Gasteiger partial charge in [0.1, 0.15) is 6.04 Å². The molecule has 0 spiro atoms. The molecule has 1 heterocycles. The van der Waals surface area contributed by atoms with E-state index in [1.807, 2.05) is 6.92 Å². The molecule has 3 nitrogen and oxygen atoms in total. The Kier molecular flexibility index (Phi) is 1.47. The molecule has 0 saturated carbocycles. The molecule has 1 saturated heterocycles. The molecule has 0 amide bonds. The summed E-state index contributed by atoms with van der Waals surface area (Å²) in [6.07, 6.45) is 0.913. The van der Waals surface area contributed by atoms with Gasteiger partial charge in [-0.05, 0) is 13.3 Å². The van der Waals surface area contributed by atoms with Crippen LogP contribution in [0.3, 0.4) is 0 Å². The number of hydrazine groups is 1.